The van der Waals surface area contributed by atoms with Crippen molar-refractivity contribution in [3.63, 3.8) is 0 Å². The van der Waals surface area contributed by atoms with Crippen molar-refractivity contribution in [2.45, 2.75) is 32.1 Å². The van der Waals surface area contributed by atoms with Gasteiger partial charge in [0.05, 0.1) is 6.54 Å². The van der Waals surface area contributed by atoms with E-state index in [-0.39, 0.29) is 12.5 Å². The lowest BCUT2D eigenvalue weighted by molar-refractivity contribution is -0.119. The molecule has 102 valence electrons. The van der Waals surface area contributed by atoms with Crippen LogP contribution in [0.5, 0.6) is 0 Å². The van der Waals surface area contributed by atoms with Gasteiger partial charge < -0.3 is 5.32 Å². The highest BCUT2D eigenvalue weighted by Gasteiger charge is 2.01. The molecule has 1 amide bonds. The van der Waals surface area contributed by atoms with Crippen molar-refractivity contribution >= 4 is 16.8 Å². The van der Waals surface area contributed by atoms with E-state index in [0.29, 0.717) is 6.54 Å². The van der Waals surface area contributed by atoms with Crippen LogP contribution < -0.4 is 10.0 Å². The lowest BCUT2D eigenvalue weighted by atomic mass is 10.0. The van der Waals surface area contributed by atoms with Gasteiger partial charge in [-0.1, -0.05) is 23.8 Å². The van der Waals surface area contributed by atoms with E-state index in [9.17, 15) is 13.2 Å². The highest BCUT2D eigenvalue weighted by atomic mass is 32.2. The Morgan fingerprint density at radius 3 is 2.78 bits per heavy atom. The summed E-state index contributed by atoms with van der Waals surface area (Å²) in [5, 5.41) is 2.67. The molecule has 0 fully saturated rings. The number of hydrogen-bond acceptors (Lipinski definition) is 3. The molecule has 0 unspecified atom stereocenters. The van der Waals surface area contributed by atoms with Crippen molar-refractivity contribution in [2.24, 2.45) is 0 Å². The van der Waals surface area contributed by atoms with Crippen molar-refractivity contribution in [3.05, 3.63) is 23.8 Å². The van der Waals surface area contributed by atoms with E-state index in [1.807, 2.05) is 0 Å². The Kier molecular flexibility index (Phi) is 7.36. The van der Waals surface area contributed by atoms with Gasteiger partial charge in [-0.25, -0.2) is 13.1 Å². The van der Waals surface area contributed by atoms with Crippen LogP contribution in [0.3, 0.4) is 0 Å². The molecule has 6 heteroatoms. The van der Waals surface area contributed by atoms with Crippen molar-refractivity contribution < 1.29 is 13.2 Å². The third kappa shape index (κ3) is 7.24. The molecule has 1 aliphatic rings. The zero-order valence-electron chi connectivity index (χ0n) is 10.4. The fraction of sp³-hybridized carbons (Fsp3) is 0.583. The minimum Gasteiger partial charge on any atom is -0.355 e. The number of unbranched alkanes of at least 4 members (excludes halogenated alkanes) is 1. The van der Waals surface area contributed by atoms with Gasteiger partial charge in [-0.3, -0.25) is 4.79 Å². The van der Waals surface area contributed by atoms with E-state index < -0.39 is 10.9 Å². The molecule has 0 radical (unpaired) electrons. The summed E-state index contributed by atoms with van der Waals surface area (Å²) in [6, 6.07) is 0. The first kappa shape index (κ1) is 14.9. The van der Waals surface area contributed by atoms with E-state index in [1.54, 1.807) is 0 Å². The first-order valence-electron chi connectivity index (χ1n) is 6.16. The monoisotopic (exact) mass is 272 g/mol. The number of nitrogens with one attached hydrogen (secondary N) is 2. The molecule has 0 saturated carbocycles. The topological polar surface area (TPSA) is 75.3 Å². The molecule has 18 heavy (non-hydrogen) atoms. The van der Waals surface area contributed by atoms with Gasteiger partial charge in [0, 0.05) is 6.54 Å². The Bertz CT molecular complexity index is 392. The second kappa shape index (κ2) is 8.88. The standard InChI is InChI=1S/C12H20N2O3S/c15-12(10-14-18(16)17)13-9-5-4-8-11-6-2-1-3-7-11/h1-2,7,18H,3-6,8-10H2,(H,13,15)(H,14,16,17). The minimum absolute atomic E-state index is 0.172. The second-order valence-corrected chi connectivity index (χ2v) is 5.00. The van der Waals surface area contributed by atoms with Gasteiger partial charge in [-0.05, 0) is 32.1 Å². The van der Waals surface area contributed by atoms with Crippen LogP contribution in [0.1, 0.15) is 32.1 Å². The Balaban J connectivity index is 1.98. The number of carbonyl (C=O) groups excluding carboxylic acids is 1. The zero-order chi connectivity index (χ0) is 13.2. The summed E-state index contributed by atoms with van der Waals surface area (Å²) in [4.78, 5) is 11.2. The molecule has 0 aromatic heterocycles. The van der Waals surface area contributed by atoms with Crippen LogP contribution in [0.25, 0.3) is 0 Å². The third-order valence-corrected chi connectivity index (χ3v) is 3.12. The average Bonchev–Trinajstić information content (AvgIpc) is 2.37. The summed E-state index contributed by atoms with van der Waals surface area (Å²) in [6.07, 6.45) is 11.7. The fourth-order valence-electron chi connectivity index (χ4n) is 1.76. The van der Waals surface area contributed by atoms with E-state index in [4.69, 9.17) is 0 Å². The molecule has 0 spiro atoms. The third-order valence-electron chi connectivity index (χ3n) is 2.70. The molecule has 0 saturated heterocycles. The average molecular weight is 272 g/mol. The van der Waals surface area contributed by atoms with Crippen LogP contribution in [-0.4, -0.2) is 27.4 Å². The maximum atomic E-state index is 11.2. The lowest BCUT2D eigenvalue weighted by Crippen LogP contribution is -2.33. The van der Waals surface area contributed by atoms with Gasteiger partial charge in [0.15, 0.2) is 0 Å². The van der Waals surface area contributed by atoms with Gasteiger partial charge >= 0.3 is 0 Å². The largest absolute Gasteiger partial charge is 0.355 e. The van der Waals surface area contributed by atoms with E-state index >= 15 is 0 Å². The summed E-state index contributed by atoms with van der Waals surface area (Å²) >= 11 is 0. The van der Waals surface area contributed by atoms with Crippen molar-refractivity contribution in [2.75, 3.05) is 13.1 Å². The maximum absolute atomic E-state index is 11.2. The van der Waals surface area contributed by atoms with Crippen LogP contribution in [0.2, 0.25) is 0 Å². The smallest absolute Gasteiger partial charge is 0.235 e. The van der Waals surface area contributed by atoms with Crippen molar-refractivity contribution in [3.8, 4) is 0 Å². The first-order chi connectivity index (χ1) is 8.68. The van der Waals surface area contributed by atoms with Crippen LogP contribution in [-0.2, 0) is 15.7 Å². The number of carbonyl (C=O) groups is 1. The van der Waals surface area contributed by atoms with Crippen LogP contribution in [0.15, 0.2) is 23.8 Å². The summed E-state index contributed by atoms with van der Waals surface area (Å²) in [7, 11) is -2.69. The number of rotatable bonds is 8. The van der Waals surface area contributed by atoms with Crippen molar-refractivity contribution in [1.29, 1.82) is 0 Å². The predicted molar refractivity (Wildman–Crippen MR) is 71.6 cm³/mol. The molecular weight excluding hydrogens is 252 g/mol. The maximum Gasteiger partial charge on any atom is 0.235 e. The number of amides is 1. The van der Waals surface area contributed by atoms with Crippen molar-refractivity contribution in [1.82, 2.24) is 10.0 Å². The van der Waals surface area contributed by atoms with E-state index in [1.165, 1.54) is 5.57 Å². The first-order valence-corrected chi connectivity index (χ1v) is 7.33. The Morgan fingerprint density at radius 2 is 2.11 bits per heavy atom. The number of hydrogen-bond donors (Lipinski definition) is 3. The molecule has 5 nitrogen and oxygen atoms in total. The molecule has 0 bridgehead atoms. The van der Waals surface area contributed by atoms with Gasteiger partial charge in [-0.2, -0.15) is 0 Å². The number of thiol groups is 1. The zero-order valence-corrected chi connectivity index (χ0v) is 11.2. The molecule has 0 aromatic carbocycles. The summed E-state index contributed by atoms with van der Waals surface area (Å²) in [6.45, 7) is 0.425. The molecule has 0 heterocycles. The highest BCUT2D eigenvalue weighted by molar-refractivity contribution is 7.70. The quantitative estimate of drug-likeness (QED) is 0.345. The lowest BCUT2D eigenvalue weighted by Gasteiger charge is -2.08. The highest BCUT2D eigenvalue weighted by Crippen LogP contribution is 2.16. The van der Waals surface area contributed by atoms with Crippen LogP contribution >= 0.6 is 0 Å². The minimum atomic E-state index is -2.69. The number of allylic oxidation sites excluding steroid dienone is 4. The van der Waals surface area contributed by atoms with Gasteiger partial charge in [0.1, 0.15) is 0 Å². The van der Waals surface area contributed by atoms with Gasteiger partial charge in [0.2, 0.25) is 16.8 Å². The van der Waals surface area contributed by atoms with Crippen LogP contribution in [0.4, 0.5) is 0 Å². The molecular formula is C12H20N2O3S. The van der Waals surface area contributed by atoms with E-state index in [0.717, 1.165) is 32.1 Å². The summed E-state index contributed by atoms with van der Waals surface area (Å²) in [5.74, 6) is -0.283. The molecule has 1 aliphatic carbocycles. The molecule has 1 rings (SSSR count). The van der Waals surface area contributed by atoms with E-state index in [2.05, 4.69) is 28.3 Å². The second-order valence-electron chi connectivity index (χ2n) is 4.17. The van der Waals surface area contributed by atoms with Gasteiger partial charge in [0.25, 0.3) is 0 Å². The summed E-state index contributed by atoms with van der Waals surface area (Å²) < 4.78 is 22.4. The fourth-order valence-corrected chi connectivity index (χ4v) is 2.03. The van der Waals surface area contributed by atoms with Crippen LogP contribution in [0, 0.1) is 0 Å². The Labute approximate surface area is 109 Å². The molecule has 0 aliphatic heterocycles. The molecule has 0 atom stereocenters. The summed E-state index contributed by atoms with van der Waals surface area (Å²) in [5.41, 5.74) is 1.47. The SMILES string of the molecule is O=C(CN[SH](=O)=O)NCCCCC1=CCC=CC1. The molecule has 0 aromatic rings. The Hall–Kier alpha value is -1.14. The normalized spacial score (nSPS) is 14.6. The Morgan fingerprint density at radius 1 is 1.28 bits per heavy atom. The van der Waals surface area contributed by atoms with Gasteiger partial charge in [-0.15, -0.1) is 0 Å². The molecule has 2 N–H and O–H groups in total. The predicted octanol–water partition coefficient (Wildman–Crippen LogP) is 0.665.